The predicted molar refractivity (Wildman–Crippen MR) is 87.2 cm³/mol. The Bertz CT molecular complexity index is 652. The van der Waals surface area contributed by atoms with Crippen molar-refractivity contribution in [1.29, 1.82) is 0 Å². The van der Waals surface area contributed by atoms with E-state index in [1.54, 1.807) is 6.21 Å². The Morgan fingerprint density at radius 2 is 1.86 bits per heavy atom. The van der Waals surface area contributed by atoms with Crippen LogP contribution in [0, 0.1) is 5.92 Å². The molecule has 1 aliphatic rings. The summed E-state index contributed by atoms with van der Waals surface area (Å²) < 4.78 is 1.02. The molecule has 3 nitrogen and oxygen atoms in total. The van der Waals surface area contributed by atoms with Crippen LogP contribution in [0.25, 0.3) is 0 Å². The number of hydrogen-bond acceptors (Lipinski definition) is 2. The Kier molecular flexibility index (Phi) is 4.15. The molecule has 0 radical (unpaired) electrons. The summed E-state index contributed by atoms with van der Waals surface area (Å²) in [6, 6.07) is 17.9. The molecule has 2 atom stereocenters. The van der Waals surface area contributed by atoms with E-state index in [-0.39, 0.29) is 11.8 Å². The standard InChI is InChI=1S/C17H15BrN2O/c18-14-8-6-12(7-9-14)11-19-20-17(21)16-10-15(16)13-4-2-1-3-5-13/h1-9,11,15-16H,10H2,(H,20,21)/b19-11-/t15-,16+/m0/s1. The van der Waals surface area contributed by atoms with Crippen LogP contribution in [-0.4, -0.2) is 12.1 Å². The summed E-state index contributed by atoms with van der Waals surface area (Å²) in [6.07, 6.45) is 2.56. The van der Waals surface area contributed by atoms with Crippen molar-refractivity contribution in [2.45, 2.75) is 12.3 Å². The van der Waals surface area contributed by atoms with Crippen molar-refractivity contribution in [2.75, 3.05) is 0 Å². The number of amides is 1. The molecular formula is C17H15BrN2O. The number of rotatable bonds is 4. The molecule has 0 spiro atoms. The highest BCUT2D eigenvalue weighted by molar-refractivity contribution is 9.10. The number of nitrogens with one attached hydrogen (secondary N) is 1. The lowest BCUT2D eigenvalue weighted by molar-refractivity contribution is -0.122. The summed E-state index contributed by atoms with van der Waals surface area (Å²) in [5.41, 5.74) is 4.81. The average molecular weight is 343 g/mol. The molecule has 21 heavy (non-hydrogen) atoms. The number of carbonyl (C=O) groups excluding carboxylic acids is 1. The first-order valence-electron chi connectivity index (χ1n) is 6.87. The highest BCUT2D eigenvalue weighted by Gasteiger charge is 2.43. The van der Waals surface area contributed by atoms with Gasteiger partial charge < -0.3 is 0 Å². The molecular weight excluding hydrogens is 328 g/mol. The van der Waals surface area contributed by atoms with Crippen molar-refractivity contribution in [2.24, 2.45) is 11.0 Å². The first-order chi connectivity index (χ1) is 10.2. The number of hydrazone groups is 1. The van der Waals surface area contributed by atoms with E-state index in [1.807, 2.05) is 42.5 Å². The van der Waals surface area contributed by atoms with Gasteiger partial charge in [0.05, 0.1) is 6.21 Å². The van der Waals surface area contributed by atoms with Crippen molar-refractivity contribution in [3.8, 4) is 0 Å². The summed E-state index contributed by atoms with van der Waals surface area (Å²) in [6.45, 7) is 0. The molecule has 3 rings (SSSR count). The van der Waals surface area contributed by atoms with Crippen LogP contribution >= 0.6 is 15.9 Å². The van der Waals surface area contributed by atoms with Gasteiger partial charge in [0.15, 0.2) is 0 Å². The van der Waals surface area contributed by atoms with E-state index in [2.05, 4.69) is 38.6 Å². The van der Waals surface area contributed by atoms with Crippen LogP contribution in [0.1, 0.15) is 23.5 Å². The molecule has 0 heterocycles. The van der Waals surface area contributed by atoms with Crippen molar-refractivity contribution in [3.05, 3.63) is 70.2 Å². The third-order valence-corrected chi connectivity index (χ3v) is 4.14. The van der Waals surface area contributed by atoms with Crippen LogP contribution in [0.3, 0.4) is 0 Å². The number of hydrogen-bond donors (Lipinski definition) is 1. The lowest BCUT2D eigenvalue weighted by Gasteiger charge is -2.00. The van der Waals surface area contributed by atoms with Crippen molar-refractivity contribution >= 4 is 28.1 Å². The van der Waals surface area contributed by atoms with Gasteiger partial charge in [-0.2, -0.15) is 5.10 Å². The Balaban J connectivity index is 1.53. The molecule has 4 heteroatoms. The first kappa shape index (κ1) is 14.0. The lowest BCUT2D eigenvalue weighted by atomic mass is 10.1. The fourth-order valence-corrected chi connectivity index (χ4v) is 2.62. The van der Waals surface area contributed by atoms with Crippen LogP contribution in [-0.2, 0) is 4.79 Å². The van der Waals surface area contributed by atoms with Gasteiger partial charge in [0.1, 0.15) is 0 Å². The second kappa shape index (κ2) is 6.22. The van der Waals surface area contributed by atoms with Gasteiger partial charge in [0, 0.05) is 10.4 Å². The zero-order valence-electron chi connectivity index (χ0n) is 11.4. The van der Waals surface area contributed by atoms with E-state index in [4.69, 9.17) is 0 Å². The Labute approximate surface area is 132 Å². The van der Waals surface area contributed by atoms with Crippen molar-refractivity contribution in [1.82, 2.24) is 5.43 Å². The zero-order chi connectivity index (χ0) is 14.7. The average Bonchev–Trinajstić information content (AvgIpc) is 3.31. The highest BCUT2D eigenvalue weighted by Crippen LogP contribution is 2.47. The third kappa shape index (κ3) is 3.58. The lowest BCUT2D eigenvalue weighted by Crippen LogP contribution is -2.20. The van der Waals surface area contributed by atoms with Gasteiger partial charge in [-0.05, 0) is 35.6 Å². The number of benzene rings is 2. The maximum Gasteiger partial charge on any atom is 0.243 e. The van der Waals surface area contributed by atoms with Crippen LogP contribution in [0.5, 0.6) is 0 Å². The largest absolute Gasteiger partial charge is 0.273 e. The van der Waals surface area contributed by atoms with Gasteiger partial charge in [-0.3, -0.25) is 4.79 Å². The maximum absolute atomic E-state index is 12.0. The molecule has 2 aromatic rings. The second-order valence-electron chi connectivity index (χ2n) is 5.15. The number of nitrogens with zero attached hydrogens (tertiary/aromatic N) is 1. The molecule has 1 N–H and O–H groups in total. The van der Waals surface area contributed by atoms with Gasteiger partial charge in [-0.15, -0.1) is 0 Å². The van der Waals surface area contributed by atoms with E-state index in [9.17, 15) is 4.79 Å². The molecule has 1 saturated carbocycles. The highest BCUT2D eigenvalue weighted by atomic mass is 79.9. The van der Waals surface area contributed by atoms with Gasteiger partial charge >= 0.3 is 0 Å². The molecule has 1 aliphatic carbocycles. The normalized spacial score (nSPS) is 20.4. The summed E-state index contributed by atoms with van der Waals surface area (Å²) in [4.78, 5) is 12.0. The van der Waals surface area contributed by atoms with Gasteiger partial charge in [0.2, 0.25) is 5.91 Å². The molecule has 0 unspecified atom stereocenters. The second-order valence-corrected chi connectivity index (χ2v) is 6.06. The molecule has 0 aromatic heterocycles. The maximum atomic E-state index is 12.0. The minimum atomic E-state index is -0.00258. The smallest absolute Gasteiger partial charge is 0.243 e. The number of carbonyl (C=O) groups is 1. The zero-order valence-corrected chi connectivity index (χ0v) is 13.0. The summed E-state index contributed by atoms with van der Waals surface area (Å²) in [5, 5.41) is 4.02. The van der Waals surface area contributed by atoms with E-state index >= 15 is 0 Å². The van der Waals surface area contributed by atoms with Crippen LogP contribution in [0.15, 0.2) is 64.2 Å². The first-order valence-corrected chi connectivity index (χ1v) is 7.67. The molecule has 2 aromatic carbocycles. The number of halogens is 1. The van der Waals surface area contributed by atoms with Crippen LogP contribution in [0.4, 0.5) is 0 Å². The minimum Gasteiger partial charge on any atom is -0.273 e. The fraction of sp³-hybridized carbons (Fsp3) is 0.176. The predicted octanol–water partition coefficient (Wildman–Crippen LogP) is 3.70. The molecule has 0 saturated heterocycles. The molecule has 1 amide bonds. The topological polar surface area (TPSA) is 41.5 Å². The molecule has 1 fully saturated rings. The van der Waals surface area contributed by atoms with Crippen LogP contribution < -0.4 is 5.43 Å². The van der Waals surface area contributed by atoms with Crippen molar-refractivity contribution in [3.63, 3.8) is 0 Å². The minimum absolute atomic E-state index is 0.00258. The quantitative estimate of drug-likeness (QED) is 0.667. The van der Waals surface area contributed by atoms with E-state index in [1.165, 1.54) is 5.56 Å². The van der Waals surface area contributed by atoms with Gasteiger partial charge in [0.25, 0.3) is 0 Å². The fourth-order valence-electron chi connectivity index (χ4n) is 2.36. The summed E-state index contributed by atoms with van der Waals surface area (Å²) >= 11 is 3.38. The Morgan fingerprint density at radius 3 is 2.57 bits per heavy atom. The van der Waals surface area contributed by atoms with Crippen molar-refractivity contribution < 1.29 is 4.79 Å². The van der Waals surface area contributed by atoms with Gasteiger partial charge in [-0.1, -0.05) is 58.4 Å². The Hall–Kier alpha value is -1.94. The summed E-state index contributed by atoms with van der Waals surface area (Å²) in [7, 11) is 0. The van der Waals surface area contributed by atoms with Gasteiger partial charge in [-0.25, -0.2) is 5.43 Å². The van der Waals surface area contributed by atoms with E-state index in [0.717, 1.165) is 16.5 Å². The molecule has 106 valence electrons. The van der Waals surface area contributed by atoms with Crippen LogP contribution in [0.2, 0.25) is 0 Å². The van der Waals surface area contributed by atoms with E-state index < -0.39 is 0 Å². The third-order valence-electron chi connectivity index (χ3n) is 3.61. The molecule has 0 aliphatic heterocycles. The summed E-state index contributed by atoms with van der Waals surface area (Å²) in [5.74, 6) is 0.390. The van der Waals surface area contributed by atoms with E-state index in [0.29, 0.717) is 5.92 Å². The SMILES string of the molecule is O=C(N/N=C\c1ccc(Br)cc1)[C@@H]1C[C@H]1c1ccccc1. The monoisotopic (exact) mass is 342 g/mol. The molecule has 0 bridgehead atoms. The Morgan fingerprint density at radius 1 is 1.14 bits per heavy atom.